The van der Waals surface area contributed by atoms with Gasteiger partial charge in [-0.3, -0.25) is 24.3 Å². The van der Waals surface area contributed by atoms with Crippen LogP contribution in [0.1, 0.15) is 56.6 Å². The lowest BCUT2D eigenvalue weighted by molar-refractivity contribution is -0.141. The number of hydrogen-bond donors (Lipinski definition) is 0. The molecule has 0 radical (unpaired) electrons. The molecule has 2 aliphatic heterocycles. The molecule has 6 nitrogen and oxygen atoms in total. The molecule has 0 aromatic carbocycles. The van der Waals surface area contributed by atoms with Gasteiger partial charge in [0.15, 0.2) is 0 Å². The summed E-state index contributed by atoms with van der Waals surface area (Å²) in [7, 11) is 0. The Morgan fingerprint density at radius 1 is 1.08 bits per heavy atom. The molecule has 1 aliphatic carbocycles. The molecule has 3 amide bonds. The van der Waals surface area contributed by atoms with Gasteiger partial charge in [-0.25, -0.2) is 0 Å². The van der Waals surface area contributed by atoms with E-state index in [0.29, 0.717) is 0 Å². The predicted octanol–water partition coefficient (Wildman–Crippen LogP) is 2.31. The van der Waals surface area contributed by atoms with Crippen molar-refractivity contribution < 1.29 is 14.4 Å². The third kappa shape index (κ3) is 3.02. The summed E-state index contributed by atoms with van der Waals surface area (Å²) in [6.07, 6.45) is 9.34. The molecule has 3 unspecified atom stereocenters. The Labute approximate surface area is 153 Å². The van der Waals surface area contributed by atoms with Crippen molar-refractivity contribution in [3.63, 3.8) is 0 Å². The van der Waals surface area contributed by atoms with Gasteiger partial charge in [-0.15, -0.1) is 0 Å². The zero-order valence-electron chi connectivity index (χ0n) is 15.0. The molecule has 26 heavy (non-hydrogen) atoms. The van der Waals surface area contributed by atoms with E-state index in [0.717, 1.165) is 50.6 Å². The van der Waals surface area contributed by atoms with E-state index in [1.54, 1.807) is 6.20 Å². The van der Waals surface area contributed by atoms with Crippen LogP contribution in [0.15, 0.2) is 24.5 Å². The van der Waals surface area contributed by atoms with Gasteiger partial charge in [0.25, 0.3) is 0 Å². The van der Waals surface area contributed by atoms with Crippen LogP contribution in [0.4, 0.5) is 0 Å². The molecule has 1 aromatic heterocycles. The number of imide groups is 1. The number of nitrogens with zero attached hydrogens (tertiary/aromatic N) is 3. The molecular formula is C20H25N3O3. The van der Waals surface area contributed by atoms with Crippen LogP contribution in [0, 0.1) is 11.8 Å². The molecule has 0 N–H and O–H groups in total. The Bertz CT molecular complexity index is 682. The maximum Gasteiger partial charge on any atom is 0.233 e. The molecule has 3 atom stereocenters. The van der Waals surface area contributed by atoms with E-state index in [1.165, 1.54) is 4.90 Å². The largest absolute Gasteiger partial charge is 0.336 e. The Morgan fingerprint density at radius 2 is 1.81 bits per heavy atom. The molecule has 6 heteroatoms. The van der Waals surface area contributed by atoms with Gasteiger partial charge in [0.2, 0.25) is 17.7 Å². The standard InChI is InChI=1S/C20H25N3O3/c24-18(22-11-4-8-17(22)14-5-3-10-21-13-14)9-12-23-19(25)15-6-1-2-7-16(15)20(23)26/h3,5,10,13,15-17H,1-2,4,6-9,11-12H2. The number of hydrogen-bond acceptors (Lipinski definition) is 4. The van der Waals surface area contributed by atoms with Crippen molar-refractivity contribution in [2.24, 2.45) is 11.8 Å². The fourth-order valence-electron chi connectivity index (χ4n) is 4.79. The first-order chi connectivity index (χ1) is 12.7. The summed E-state index contributed by atoms with van der Waals surface area (Å²) in [4.78, 5) is 45.2. The number of carbonyl (C=O) groups is 3. The van der Waals surface area contributed by atoms with E-state index in [4.69, 9.17) is 0 Å². The fraction of sp³-hybridized carbons (Fsp3) is 0.600. The number of amides is 3. The summed E-state index contributed by atoms with van der Waals surface area (Å²) in [5, 5.41) is 0. The summed E-state index contributed by atoms with van der Waals surface area (Å²) in [6.45, 7) is 0.950. The average molecular weight is 355 g/mol. The molecule has 3 fully saturated rings. The minimum absolute atomic E-state index is 0.0202. The second kappa shape index (κ2) is 7.17. The maximum atomic E-state index is 12.8. The molecule has 0 bridgehead atoms. The van der Waals surface area contributed by atoms with Crippen LogP contribution >= 0.6 is 0 Å². The molecule has 2 saturated heterocycles. The summed E-state index contributed by atoms with van der Waals surface area (Å²) >= 11 is 0. The normalized spacial score (nSPS) is 28.5. The molecule has 4 rings (SSSR count). The van der Waals surface area contributed by atoms with Gasteiger partial charge in [-0.05, 0) is 37.3 Å². The number of pyridine rings is 1. The topological polar surface area (TPSA) is 70.6 Å². The number of rotatable bonds is 4. The van der Waals surface area contributed by atoms with Crippen LogP contribution in [0.25, 0.3) is 0 Å². The predicted molar refractivity (Wildman–Crippen MR) is 94.7 cm³/mol. The Morgan fingerprint density at radius 3 is 2.46 bits per heavy atom. The Kier molecular flexibility index (Phi) is 4.74. The quantitative estimate of drug-likeness (QED) is 0.777. The summed E-state index contributed by atoms with van der Waals surface area (Å²) in [5.74, 6) is -0.371. The third-order valence-corrected chi connectivity index (χ3v) is 6.12. The molecule has 3 aliphatic rings. The van der Waals surface area contributed by atoms with Crippen molar-refractivity contribution in [1.29, 1.82) is 0 Å². The molecular weight excluding hydrogens is 330 g/mol. The van der Waals surface area contributed by atoms with Crippen molar-refractivity contribution in [1.82, 2.24) is 14.8 Å². The van der Waals surface area contributed by atoms with E-state index < -0.39 is 0 Å². The van der Waals surface area contributed by atoms with Gasteiger partial charge in [-0.1, -0.05) is 18.9 Å². The van der Waals surface area contributed by atoms with Crippen molar-refractivity contribution >= 4 is 17.7 Å². The summed E-state index contributed by atoms with van der Waals surface area (Å²) < 4.78 is 0. The van der Waals surface area contributed by atoms with Crippen LogP contribution in [0.2, 0.25) is 0 Å². The Hall–Kier alpha value is -2.24. The van der Waals surface area contributed by atoms with E-state index in [2.05, 4.69) is 4.98 Å². The highest BCUT2D eigenvalue weighted by atomic mass is 16.2. The highest BCUT2D eigenvalue weighted by molar-refractivity contribution is 6.05. The first kappa shape index (κ1) is 17.2. The lowest BCUT2D eigenvalue weighted by Crippen LogP contribution is -2.37. The van der Waals surface area contributed by atoms with Crippen molar-refractivity contribution in [3.8, 4) is 0 Å². The molecule has 1 aromatic rings. The fourth-order valence-corrected chi connectivity index (χ4v) is 4.79. The van der Waals surface area contributed by atoms with Crippen LogP contribution < -0.4 is 0 Å². The molecule has 1 saturated carbocycles. The molecule has 0 spiro atoms. The average Bonchev–Trinajstić information content (AvgIpc) is 3.26. The van der Waals surface area contributed by atoms with E-state index >= 15 is 0 Å². The van der Waals surface area contributed by atoms with E-state index in [9.17, 15) is 14.4 Å². The van der Waals surface area contributed by atoms with Gasteiger partial charge >= 0.3 is 0 Å². The highest BCUT2D eigenvalue weighted by Gasteiger charge is 2.48. The molecule has 138 valence electrons. The van der Waals surface area contributed by atoms with Gasteiger partial charge in [-0.2, -0.15) is 0 Å². The first-order valence-corrected chi connectivity index (χ1v) is 9.71. The lowest BCUT2D eigenvalue weighted by Gasteiger charge is -2.25. The zero-order valence-corrected chi connectivity index (χ0v) is 15.0. The van der Waals surface area contributed by atoms with Gasteiger partial charge in [0, 0.05) is 31.9 Å². The van der Waals surface area contributed by atoms with Crippen LogP contribution in [-0.4, -0.2) is 45.6 Å². The monoisotopic (exact) mass is 355 g/mol. The van der Waals surface area contributed by atoms with Crippen molar-refractivity contribution in [2.75, 3.05) is 13.1 Å². The first-order valence-electron chi connectivity index (χ1n) is 9.71. The van der Waals surface area contributed by atoms with Crippen molar-refractivity contribution in [2.45, 2.75) is 51.0 Å². The SMILES string of the molecule is O=C1C2CCCCC2C(=O)N1CCC(=O)N1CCCC1c1cccnc1. The zero-order chi connectivity index (χ0) is 18.1. The van der Waals surface area contributed by atoms with Crippen LogP contribution in [0.3, 0.4) is 0 Å². The number of fused-ring (bicyclic) bond motifs is 1. The summed E-state index contributed by atoms with van der Waals surface area (Å²) in [6, 6.07) is 3.95. The van der Waals surface area contributed by atoms with Crippen LogP contribution in [0.5, 0.6) is 0 Å². The smallest absolute Gasteiger partial charge is 0.233 e. The van der Waals surface area contributed by atoms with Gasteiger partial charge in [0.1, 0.15) is 0 Å². The minimum atomic E-state index is -0.138. The second-order valence-electron chi connectivity index (χ2n) is 7.61. The van der Waals surface area contributed by atoms with Crippen molar-refractivity contribution in [3.05, 3.63) is 30.1 Å². The van der Waals surface area contributed by atoms with E-state index in [-0.39, 0.29) is 48.6 Å². The number of aromatic nitrogens is 1. The third-order valence-electron chi connectivity index (χ3n) is 6.12. The van der Waals surface area contributed by atoms with E-state index in [1.807, 2.05) is 23.2 Å². The molecule has 3 heterocycles. The number of carbonyl (C=O) groups excluding carboxylic acids is 3. The van der Waals surface area contributed by atoms with Gasteiger partial charge < -0.3 is 4.90 Å². The summed E-state index contributed by atoms with van der Waals surface area (Å²) in [5.41, 5.74) is 1.05. The maximum absolute atomic E-state index is 12.8. The highest BCUT2D eigenvalue weighted by Crippen LogP contribution is 2.38. The lowest BCUT2D eigenvalue weighted by atomic mass is 9.81. The Balaban J connectivity index is 1.39. The van der Waals surface area contributed by atoms with Crippen LogP contribution in [-0.2, 0) is 14.4 Å². The minimum Gasteiger partial charge on any atom is -0.336 e. The van der Waals surface area contributed by atoms with Gasteiger partial charge in [0.05, 0.1) is 17.9 Å². The second-order valence-corrected chi connectivity index (χ2v) is 7.61. The number of likely N-dealkylation sites (tertiary alicyclic amines) is 2.